The summed E-state index contributed by atoms with van der Waals surface area (Å²) in [5, 5.41) is 18.4. The average molecular weight is 695 g/mol. The first-order valence-corrected chi connectivity index (χ1v) is 17.2. The molecule has 2 aliphatic heterocycles. The fourth-order valence-electron chi connectivity index (χ4n) is 7.06. The lowest BCUT2D eigenvalue weighted by Gasteiger charge is -2.50. The molecule has 6 heterocycles. The molecule has 51 heavy (non-hydrogen) atoms. The third-order valence-electron chi connectivity index (χ3n) is 10.1. The number of hydrogen-bond acceptors (Lipinski definition) is 10. The molecule has 13 heteroatoms. The maximum absolute atomic E-state index is 15.4. The highest BCUT2D eigenvalue weighted by atomic mass is 19.1. The highest BCUT2D eigenvalue weighted by Gasteiger charge is 2.36. The minimum absolute atomic E-state index is 0.0622. The van der Waals surface area contributed by atoms with E-state index in [0.717, 1.165) is 42.2 Å². The summed E-state index contributed by atoms with van der Waals surface area (Å²) >= 11 is 0. The zero-order valence-corrected chi connectivity index (χ0v) is 29.7. The third-order valence-corrected chi connectivity index (χ3v) is 10.1. The van der Waals surface area contributed by atoms with Crippen LogP contribution in [-0.4, -0.2) is 78.8 Å². The normalized spacial score (nSPS) is 18.6. The number of nitrogens with zero attached hydrogens (tertiary/aromatic N) is 7. The summed E-state index contributed by atoms with van der Waals surface area (Å²) in [6.45, 7) is 13.3. The van der Waals surface area contributed by atoms with Crippen LogP contribution in [-0.2, 0) is 23.8 Å². The first-order valence-electron chi connectivity index (χ1n) is 17.2. The highest BCUT2D eigenvalue weighted by molar-refractivity contribution is 5.83. The topological polar surface area (TPSA) is 131 Å². The number of hydrogen-bond donors (Lipinski definition) is 2. The molecule has 7 rings (SSSR count). The number of aromatic nitrogens is 5. The Hall–Kier alpha value is -4.98. The van der Waals surface area contributed by atoms with E-state index in [1.54, 1.807) is 31.4 Å². The number of ether oxygens (including phenoxy) is 1. The first kappa shape index (κ1) is 34.5. The van der Waals surface area contributed by atoms with Gasteiger partial charge in [0.25, 0.3) is 11.1 Å². The van der Waals surface area contributed by atoms with Gasteiger partial charge in [0.15, 0.2) is 5.82 Å². The maximum atomic E-state index is 15.4. The van der Waals surface area contributed by atoms with E-state index in [0.29, 0.717) is 46.0 Å². The molecule has 4 aromatic heterocycles. The molecule has 0 spiro atoms. The number of rotatable bonds is 7. The van der Waals surface area contributed by atoms with E-state index in [1.807, 2.05) is 39.1 Å². The molecule has 0 amide bonds. The zero-order valence-electron chi connectivity index (χ0n) is 29.7. The van der Waals surface area contributed by atoms with Crippen molar-refractivity contribution in [1.82, 2.24) is 29.2 Å². The predicted octanol–water partition coefficient (Wildman–Crippen LogP) is 4.51. The van der Waals surface area contributed by atoms with E-state index in [2.05, 4.69) is 44.0 Å². The quantitative estimate of drug-likeness (QED) is 0.251. The molecule has 0 unspecified atom stereocenters. The van der Waals surface area contributed by atoms with E-state index in [1.165, 1.54) is 23.0 Å². The summed E-state index contributed by atoms with van der Waals surface area (Å²) in [6, 6.07) is 11.6. The lowest BCUT2D eigenvalue weighted by Crippen LogP contribution is -2.63. The van der Waals surface area contributed by atoms with E-state index in [4.69, 9.17) is 4.74 Å². The van der Waals surface area contributed by atoms with Gasteiger partial charge in [-0.25, -0.2) is 14.4 Å². The van der Waals surface area contributed by atoms with Crippen LogP contribution in [0.15, 0.2) is 70.8 Å². The van der Waals surface area contributed by atoms with Crippen LogP contribution in [0, 0.1) is 5.82 Å². The Kier molecular flexibility index (Phi) is 8.98. The second-order valence-corrected chi connectivity index (χ2v) is 14.7. The number of benzene rings is 1. The van der Waals surface area contributed by atoms with Crippen molar-refractivity contribution in [2.24, 2.45) is 7.05 Å². The van der Waals surface area contributed by atoms with Crippen LogP contribution in [0.25, 0.3) is 27.7 Å². The number of nitrogens with one attached hydrogen (secondary N) is 1. The van der Waals surface area contributed by atoms with Gasteiger partial charge in [0.2, 0.25) is 0 Å². The molecule has 2 fully saturated rings. The van der Waals surface area contributed by atoms with E-state index in [9.17, 15) is 14.7 Å². The SMILES string of the molecule is C[C@@H]1CN(c2ccc(Nc3cc(-c4ccnc(-n5ncc6cc(C(C)(C)C)cc(F)c6c5=O)c4CO)cn(C)c3=O)nc2)[C@@H](C)CN1C1COC1. The van der Waals surface area contributed by atoms with Gasteiger partial charge < -0.3 is 24.6 Å². The molecule has 2 aliphatic rings. The minimum Gasteiger partial charge on any atom is -0.392 e. The number of aliphatic hydroxyl groups excluding tert-OH is 1. The molecule has 1 aromatic carbocycles. The van der Waals surface area contributed by atoms with E-state index in [-0.39, 0.29) is 27.9 Å². The number of anilines is 3. The van der Waals surface area contributed by atoms with Crippen molar-refractivity contribution in [2.45, 2.75) is 64.8 Å². The van der Waals surface area contributed by atoms with Gasteiger partial charge in [0.1, 0.15) is 17.3 Å². The molecule has 266 valence electrons. The number of pyridine rings is 3. The van der Waals surface area contributed by atoms with Crippen molar-refractivity contribution in [3.05, 3.63) is 98.8 Å². The minimum atomic E-state index is -0.694. The smallest absolute Gasteiger partial charge is 0.283 e. The van der Waals surface area contributed by atoms with Gasteiger partial charge in [-0.05, 0) is 66.8 Å². The summed E-state index contributed by atoms with van der Waals surface area (Å²) in [5.41, 5.74) is 2.12. The number of aliphatic hydroxyl groups is 1. The molecule has 0 bridgehead atoms. The molecule has 2 N–H and O–H groups in total. The summed E-state index contributed by atoms with van der Waals surface area (Å²) < 4.78 is 23.3. The van der Waals surface area contributed by atoms with Gasteiger partial charge in [-0.1, -0.05) is 20.8 Å². The van der Waals surface area contributed by atoms with Crippen molar-refractivity contribution in [3.63, 3.8) is 0 Å². The van der Waals surface area contributed by atoms with Crippen LogP contribution < -0.4 is 21.3 Å². The predicted molar refractivity (Wildman–Crippen MR) is 195 cm³/mol. The molecule has 0 radical (unpaired) electrons. The van der Waals surface area contributed by atoms with Gasteiger partial charge >= 0.3 is 0 Å². The highest BCUT2D eigenvalue weighted by Crippen LogP contribution is 2.31. The van der Waals surface area contributed by atoms with Crippen molar-refractivity contribution >= 4 is 28.0 Å². The Labute approximate surface area is 295 Å². The average Bonchev–Trinajstić information content (AvgIpc) is 3.07. The van der Waals surface area contributed by atoms with Gasteiger partial charge in [-0.3, -0.25) is 14.5 Å². The van der Waals surface area contributed by atoms with Gasteiger partial charge in [-0.2, -0.15) is 9.78 Å². The Morgan fingerprint density at radius 1 is 1.00 bits per heavy atom. The molecule has 2 atom stereocenters. The molecule has 12 nitrogen and oxygen atoms in total. The molecule has 0 aliphatic carbocycles. The summed E-state index contributed by atoms with van der Waals surface area (Å²) in [5.74, 6) is -0.0886. The van der Waals surface area contributed by atoms with Crippen LogP contribution >= 0.6 is 0 Å². The molecule has 5 aromatic rings. The van der Waals surface area contributed by atoms with Crippen molar-refractivity contribution in [3.8, 4) is 16.9 Å². The fraction of sp³-hybridized carbons (Fsp3) is 0.395. The molecule has 2 saturated heterocycles. The second-order valence-electron chi connectivity index (χ2n) is 14.7. The zero-order chi connectivity index (χ0) is 36.2. The number of fused-ring (bicyclic) bond motifs is 1. The van der Waals surface area contributed by atoms with Crippen LogP contribution in [0.1, 0.15) is 45.7 Å². The monoisotopic (exact) mass is 694 g/mol. The summed E-state index contributed by atoms with van der Waals surface area (Å²) in [7, 11) is 1.64. The largest absolute Gasteiger partial charge is 0.392 e. The lowest BCUT2D eigenvalue weighted by atomic mass is 9.86. The van der Waals surface area contributed by atoms with E-state index < -0.39 is 18.0 Å². The number of aryl methyl sites for hydroxylation is 1. The Bertz CT molecular complexity index is 2230. The van der Waals surface area contributed by atoms with Gasteiger partial charge in [0, 0.05) is 61.1 Å². The standard InChI is InChI=1S/C38H43FN8O4/c1-22-17-46(28-20-51-21-28)23(2)16-45(22)27-7-8-33(41-15-27)43-32-12-25(18-44(6)36(32)49)29-9-10-40-35(30(29)19-48)47-37(50)34-24(14-42-47)11-26(13-31(34)39)38(3,4)5/h7-15,18,22-23,28,48H,16-17,19-21H2,1-6H3,(H,41,43)/t22-,23+/m0/s1. The van der Waals surface area contributed by atoms with Crippen LogP contribution in [0.5, 0.6) is 0 Å². The van der Waals surface area contributed by atoms with Gasteiger partial charge in [0.05, 0.1) is 49.3 Å². The van der Waals surface area contributed by atoms with Crippen LogP contribution in [0.2, 0.25) is 0 Å². The van der Waals surface area contributed by atoms with Crippen molar-refractivity contribution < 1.29 is 14.2 Å². The number of halogens is 1. The lowest BCUT2D eigenvalue weighted by molar-refractivity contribution is -0.0828. The molecule has 0 saturated carbocycles. The first-order chi connectivity index (χ1) is 24.3. The molecular weight excluding hydrogens is 651 g/mol. The third kappa shape index (κ3) is 6.41. The summed E-state index contributed by atoms with van der Waals surface area (Å²) in [4.78, 5) is 40.9. The Morgan fingerprint density at radius 2 is 1.78 bits per heavy atom. The summed E-state index contributed by atoms with van der Waals surface area (Å²) in [6.07, 6.45) is 6.39. The van der Waals surface area contributed by atoms with Gasteiger partial charge in [-0.15, -0.1) is 0 Å². The fourth-order valence-corrected chi connectivity index (χ4v) is 7.06. The van der Waals surface area contributed by atoms with Crippen molar-refractivity contribution in [1.29, 1.82) is 0 Å². The Balaban J connectivity index is 1.18. The molecular formula is C38H43FN8O4. The van der Waals surface area contributed by atoms with Crippen LogP contribution in [0.3, 0.4) is 0 Å². The van der Waals surface area contributed by atoms with Crippen LogP contribution in [0.4, 0.5) is 21.6 Å². The Morgan fingerprint density at radius 3 is 2.45 bits per heavy atom. The van der Waals surface area contributed by atoms with E-state index >= 15 is 4.39 Å². The number of piperazine rings is 1. The second kappa shape index (κ2) is 13.3. The maximum Gasteiger partial charge on any atom is 0.283 e. The van der Waals surface area contributed by atoms with Crippen molar-refractivity contribution in [2.75, 3.05) is 36.5 Å².